The summed E-state index contributed by atoms with van der Waals surface area (Å²) in [4.78, 5) is 13.5. The van der Waals surface area contributed by atoms with E-state index in [0.29, 0.717) is 17.3 Å². The third kappa shape index (κ3) is 3.55. The third-order valence-corrected chi connectivity index (χ3v) is 5.54. The highest BCUT2D eigenvalue weighted by Gasteiger charge is 2.17. The van der Waals surface area contributed by atoms with Gasteiger partial charge in [0.15, 0.2) is 11.5 Å². The Labute approximate surface area is 179 Å². The first-order valence-electron chi connectivity index (χ1n) is 10.1. The Morgan fingerprint density at radius 2 is 1.81 bits per heavy atom. The maximum Gasteiger partial charge on any atom is 0.162 e. The van der Waals surface area contributed by atoms with Crippen LogP contribution in [0.2, 0.25) is 0 Å². The Hall–Kier alpha value is -3.65. The van der Waals surface area contributed by atoms with Crippen molar-refractivity contribution in [3.8, 4) is 28.5 Å². The molecule has 4 aromatic rings. The zero-order valence-corrected chi connectivity index (χ0v) is 17.4. The number of nitrogens with zero attached hydrogens (tertiary/aromatic N) is 3. The highest BCUT2D eigenvalue weighted by Crippen LogP contribution is 2.37. The number of hydrogen-bond acceptors (Lipinski definition) is 8. The number of pyridine rings is 3. The SMILES string of the molecule is COc1cc2ncc3c(N)nc(-c4cncc(O[C@@H]5CCNC5)c4)cc3c2cc1OC. The number of nitrogen functional groups attached to an aromatic ring is 1. The molecule has 1 aliphatic heterocycles. The van der Waals surface area contributed by atoms with Gasteiger partial charge in [0, 0.05) is 41.3 Å². The lowest BCUT2D eigenvalue weighted by Crippen LogP contribution is -2.19. The van der Waals surface area contributed by atoms with E-state index in [0.717, 1.165) is 58.2 Å². The Morgan fingerprint density at radius 3 is 2.58 bits per heavy atom. The van der Waals surface area contributed by atoms with Gasteiger partial charge in [-0.2, -0.15) is 0 Å². The monoisotopic (exact) mass is 417 g/mol. The van der Waals surface area contributed by atoms with E-state index >= 15 is 0 Å². The zero-order valence-electron chi connectivity index (χ0n) is 17.4. The van der Waals surface area contributed by atoms with E-state index in [9.17, 15) is 0 Å². The molecule has 1 atom stereocenters. The van der Waals surface area contributed by atoms with Crippen LogP contribution < -0.4 is 25.3 Å². The van der Waals surface area contributed by atoms with Gasteiger partial charge in [0.2, 0.25) is 0 Å². The van der Waals surface area contributed by atoms with Crippen molar-refractivity contribution >= 4 is 27.5 Å². The molecule has 1 saturated heterocycles. The van der Waals surface area contributed by atoms with E-state index in [1.807, 2.05) is 24.3 Å². The average Bonchev–Trinajstić information content (AvgIpc) is 3.31. The van der Waals surface area contributed by atoms with Gasteiger partial charge in [-0.15, -0.1) is 0 Å². The molecule has 8 nitrogen and oxygen atoms in total. The number of fused-ring (bicyclic) bond motifs is 3. The molecule has 1 aromatic carbocycles. The van der Waals surface area contributed by atoms with Crippen LogP contribution in [-0.4, -0.2) is 48.4 Å². The summed E-state index contributed by atoms with van der Waals surface area (Å²) in [6.45, 7) is 1.81. The fourth-order valence-electron chi connectivity index (χ4n) is 3.95. The molecule has 0 spiro atoms. The van der Waals surface area contributed by atoms with Crippen molar-refractivity contribution in [2.45, 2.75) is 12.5 Å². The average molecular weight is 417 g/mol. The Bertz CT molecular complexity index is 1270. The normalized spacial score (nSPS) is 16.0. The smallest absolute Gasteiger partial charge is 0.162 e. The number of ether oxygens (including phenoxy) is 3. The lowest BCUT2D eigenvalue weighted by molar-refractivity contribution is 0.222. The summed E-state index contributed by atoms with van der Waals surface area (Å²) in [6.07, 6.45) is 6.36. The molecule has 158 valence electrons. The minimum Gasteiger partial charge on any atom is -0.493 e. The first-order chi connectivity index (χ1) is 15.2. The molecule has 0 bridgehead atoms. The van der Waals surface area contributed by atoms with Gasteiger partial charge in [-0.25, -0.2) is 4.98 Å². The standard InChI is InChI=1S/C23H23N5O3/c1-29-21-7-17-16-6-19(13-5-15(11-26-9-13)31-14-3-4-25-10-14)28-23(24)18(16)12-27-20(17)8-22(21)30-2/h5-9,11-12,14,25H,3-4,10H2,1-2H3,(H2,24,28)/t14-/m1/s1. The summed E-state index contributed by atoms with van der Waals surface area (Å²) in [5.41, 5.74) is 8.65. The van der Waals surface area contributed by atoms with Gasteiger partial charge in [-0.1, -0.05) is 0 Å². The Kier molecular flexibility index (Phi) is 4.91. The van der Waals surface area contributed by atoms with Gasteiger partial charge in [0.1, 0.15) is 17.7 Å². The number of methoxy groups -OCH3 is 2. The second-order valence-corrected chi connectivity index (χ2v) is 7.48. The van der Waals surface area contributed by atoms with Crippen LogP contribution >= 0.6 is 0 Å². The quantitative estimate of drug-likeness (QED) is 0.477. The number of hydrogen-bond donors (Lipinski definition) is 2. The molecule has 5 rings (SSSR count). The van der Waals surface area contributed by atoms with E-state index in [2.05, 4.69) is 20.3 Å². The summed E-state index contributed by atoms with van der Waals surface area (Å²) in [6, 6.07) is 7.72. The van der Waals surface area contributed by atoms with Gasteiger partial charge < -0.3 is 25.3 Å². The number of benzene rings is 1. The van der Waals surface area contributed by atoms with E-state index < -0.39 is 0 Å². The molecule has 0 aliphatic carbocycles. The molecular formula is C23H23N5O3. The van der Waals surface area contributed by atoms with Crippen LogP contribution in [0.25, 0.3) is 32.9 Å². The second kappa shape index (κ2) is 7.88. The molecule has 8 heteroatoms. The zero-order chi connectivity index (χ0) is 21.4. The minimum atomic E-state index is 0.157. The van der Waals surface area contributed by atoms with Crippen LogP contribution in [0, 0.1) is 0 Å². The molecule has 0 unspecified atom stereocenters. The van der Waals surface area contributed by atoms with Crippen LogP contribution in [0.3, 0.4) is 0 Å². The summed E-state index contributed by atoms with van der Waals surface area (Å²) < 4.78 is 17.0. The molecule has 31 heavy (non-hydrogen) atoms. The van der Waals surface area contributed by atoms with Crippen molar-refractivity contribution < 1.29 is 14.2 Å². The third-order valence-electron chi connectivity index (χ3n) is 5.54. The first kappa shape index (κ1) is 19.3. The molecule has 0 amide bonds. The van der Waals surface area contributed by atoms with Crippen molar-refractivity contribution in [1.29, 1.82) is 0 Å². The van der Waals surface area contributed by atoms with Gasteiger partial charge >= 0.3 is 0 Å². The first-order valence-corrected chi connectivity index (χ1v) is 10.1. The Balaban J connectivity index is 1.63. The largest absolute Gasteiger partial charge is 0.493 e. The van der Waals surface area contributed by atoms with E-state index in [4.69, 9.17) is 19.9 Å². The number of rotatable bonds is 5. The van der Waals surface area contributed by atoms with Crippen molar-refractivity contribution in [2.75, 3.05) is 33.0 Å². The van der Waals surface area contributed by atoms with Crippen molar-refractivity contribution in [3.05, 3.63) is 42.9 Å². The van der Waals surface area contributed by atoms with Gasteiger partial charge in [-0.3, -0.25) is 9.97 Å². The number of nitrogens with one attached hydrogen (secondary N) is 1. The minimum absolute atomic E-state index is 0.157. The van der Waals surface area contributed by atoms with E-state index in [1.54, 1.807) is 32.8 Å². The van der Waals surface area contributed by atoms with Gasteiger partial charge in [0.25, 0.3) is 0 Å². The van der Waals surface area contributed by atoms with Crippen molar-refractivity contribution in [3.63, 3.8) is 0 Å². The summed E-state index contributed by atoms with van der Waals surface area (Å²) >= 11 is 0. The van der Waals surface area contributed by atoms with Crippen LogP contribution in [0.4, 0.5) is 5.82 Å². The van der Waals surface area contributed by atoms with Crippen LogP contribution in [0.15, 0.2) is 42.9 Å². The van der Waals surface area contributed by atoms with E-state index in [-0.39, 0.29) is 6.10 Å². The number of nitrogens with two attached hydrogens (primary N) is 1. The molecule has 3 N–H and O–H groups in total. The lowest BCUT2D eigenvalue weighted by Gasteiger charge is -2.14. The molecular weight excluding hydrogens is 394 g/mol. The molecule has 0 saturated carbocycles. The summed E-state index contributed by atoms with van der Waals surface area (Å²) in [7, 11) is 3.22. The number of anilines is 1. The van der Waals surface area contributed by atoms with Crippen LogP contribution in [-0.2, 0) is 0 Å². The van der Waals surface area contributed by atoms with E-state index in [1.165, 1.54) is 0 Å². The maximum absolute atomic E-state index is 6.32. The van der Waals surface area contributed by atoms with Crippen molar-refractivity contribution in [1.82, 2.24) is 20.3 Å². The fraction of sp³-hybridized carbons (Fsp3) is 0.261. The molecule has 4 heterocycles. The molecule has 3 aromatic heterocycles. The molecule has 1 fully saturated rings. The molecule has 0 radical (unpaired) electrons. The van der Waals surface area contributed by atoms with Crippen LogP contribution in [0.5, 0.6) is 17.2 Å². The van der Waals surface area contributed by atoms with Gasteiger partial charge in [0.05, 0.1) is 31.6 Å². The van der Waals surface area contributed by atoms with Gasteiger partial charge in [-0.05, 0) is 36.6 Å². The highest BCUT2D eigenvalue weighted by atomic mass is 16.5. The Morgan fingerprint density at radius 1 is 0.968 bits per heavy atom. The second-order valence-electron chi connectivity index (χ2n) is 7.48. The fourth-order valence-corrected chi connectivity index (χ4v) is 3.95. The maximum atomic E-state index is 6.32. The number of aromatic nitrogens is 3. The summed E-state index contributed by atoms with van der Waals surface area (Å²) in [5.74, 6) is 2.38. The van der Waals surface area contributed by atoms with Crippen molar-refractivity contribution in [2.24, 2.45) is 0 Å². The topological polar surface area (TPSA) is 104 Å². The lowest BCUT2D eigenvalue weighted by atomic mass is 10.0. The molecule has 1 aliphatic rings. The van der Waals surface area contributed by atoms with Crippen LogP contribution in [0.1, 0.15) is 6.42 Å². The summed E-state index contributed by atoms with van der Waals surface area (Å²) in [5, 5.41) is 5.92. The predicted molar refractivity (Wildman–Crippen MR) is 120 cm³/mol. The highest BCUT2D eigenvalue weighted by molar-refractivity contribution is 6.10. The predicted octanol–water partition coefficient (Wildman–Crippen LogP) is 3.19.